The number of amides is 1. The lowest BCUT2D eigenvalue weighted by molar-refractivity contribution is -0.126. The van der Waals surface area contributed by atoms with E-state index in [2.05, 4.69) is 30.6 Å². The predicted octanol–water partition coefficient (Wildman–Crippen LogP) is 1.95. The fraction of sp³-hybridized carbons (Fsp3) is 0.500. The van der Waals surface area contributed by atoms with Crippen molar-refractivity contribution in [3.05, 3.63) is 35.4 Å². The lowest BCUT2D eigenvalue weighted by Crippen LogP contribution is -2.55. The standard InChI is InChI=1S/C16H21N3O/c1-16(2)7-4-8-18-14(16)15(20)19-11-13-6-3-5-12(9-13)10-17/h3,5-6,9,14,18H,4,7-8,11H2,1-2H3,(H,19,20). The third-order valence-corrected chi connectivity index (χ3v) is 3.91. The highest BCUT2D eigenvalue weighted by molar-refractivity contribution is 5.82. The van der Waals surface area contributed by atoms with Crippen LogP contribution in [0.1, 0.15) is 37.8 Å². The Morgan fingerprint density at radius 3 is 3.05 bits per heavy atom. The van der Waals surface area contributed by atoms with Gasteiger partial charge in [-0.2, -0.15) is 5.26 Å². The Labute approximate surface area is 120 Å². The molecule has 0 saturated carbocycles. The molecule has 1 aliphatic rings. The van der Waals surface area contributed by atoms with Gasteiger partial charge in [-0.25, -0.2) is 0 Å². The van der Waals surface area contributed by atoms with Crippen molar-refractivity contribution in [2.75, 3.05) is 6.54 Å². The van der Waals surface area contributed by atoms with Crippen LogP contribution in [0.2, 0.25) is 0 Å². The lowest BCUT2D eigenvalue weighted by Gasteiger charge is -2.38. The van der Waals surface area contributed by atoms with Gasteiger partial charge in [-0.05, 0) is 42.5 Å². The zero-order valence-electron chi connectivity index (χ0n) is 12.1. The summed E-state index contributed by atoms with van der Waals surface area (Å²) in [6.45, 7) is 5.60. The average molecular weight is 271 g/mol. The van der Waals surface area contributed by atoms with Gasteiger partial charge < -0.3 is 10.6 Å². The van der Waals surface area contributed by atoms with Crippen LogP contribution in [0.15, 0.2) is 24.3 Å². The Bertz CT molecular complexity index is 531. The van der Waals surface area contributed by atoms with Crippen LogP contribution in [0.4, 0.5) is 0 Å². The molecule has 106 valence electrons. The van der Waals surface area contributed by atoms with Crippen LogP contribution in [-0.4, -0.2) is 18.5 Å². The second-order valence-electron chi connectivity index (χ2n) is 6.01. The number of hydrogen-bond acceptors (Lipinski definition) is 3. The Balaban J connectivity index is 1.96. The van der Waals surface area contributed by atoms with Crippen molar-refractivity contribution < 1.29 is 4.79 Å². The van der Waals surface area contributed by atoms with Gasteiger partial charge in [0.2, 0.25) is 5.91 Å². The third-order valence-electron chi connectivity index (χ3n) is 3.91. The highest BCUT2D eigenvalue weighted by atomic mass is 16.2. The first-order valence-corrected chi connectivity index (χ1v) is 7.03. The van der Waals surface area contributed by atoms with Crippen LogP contribution < -0.4 is 10.6 Å². The molecule has 0 aliphatic carbocycles. The molecule has 1 aliphatic heterocycles. The second kappa shape index (κ2) is 6.06. The second-order valence-corrected chi connectivity index (χ2v) is 6.01. The Hall–Kier alpha value is -1.86. The van der Waals surface area contributed by atoms with E-state index in [1.165, 1.54) is 0 Å². The number of carbonyl (C=O) groups excluding carboxylic acids is 1. The molecule has 1 aromatic carbocycles. The van der Waals surface area contributed by atoms with E-state index >= 15 is 0 Å². The maximum Gasteiger partial charge on any atom is 0.237 e. The van der Waals surface area contributed by atoms with Gasteiger partial charge in [-0.3, -0.25) is 4.79 Å². The SMILES string of the molecule is CC1(C)CCCNC1C(=O)NCc1cccc(C#N)c1. The molecule has 0 spiro atoms. The van der Waals surface area contributed by atoms with Crippen LogP contribution >= 0.6 is 0 Å². The van der Waals surface area contributed by atoms with Gasteiger partial charge >= 0.3 is 0 Å². The quantitative estimate of drug-likeness (QED) is 0.883. The number of nitriles is 1. The van der Waals surface area contributed by atoms with Crippen LogP contribution in [-0.2, 0) is 11.3 Å². The lowest BCUT2D eigenvalue weighted by atomic mass is 9.77. The summed E-state index contributed by atoms with van der Waals surface area (Å²) in [7, 11) is 0. The summed E-state index contributed by atoms with van der Waals surface area (Å²) < 4.78 is 0. The third kappa shape index (κ3) is 3.37. The molecule has 0 radical (unpaired) electrons. The minimum Gasteiger partial charge on any atom is -0.351 e. The zero-order valence-corrected chi connectivity index (χ0v) is 12.1. The highest BCUT2D eigenvalue weighted by Crippen LogP contribution is 2.30. The van der Waals surface area contributed by atoms with Gasteiger partial charge in [0.1, 0.15) is 0 Å². The summed E-state index contributed by atoms with van der Waals surface area (Å²) in [5, 5.41) is 15.1. The van der Waals surface area contributed by atoms with Gasteiger partial charge in [0.05, 0.1) is 17.7 Å². The summed E-state index contributed by atoms with van der Waals surface area (Å²) in [5.41, 5.74) is 1.55. The first-order valence-electron chi connectivity index (χ1n) is 7.03. The number of benzene rings is 1. The van der Waals surface area contributed by atoms with Gasteiger partial charge in [0.25, 0.3) is 0 Å². The van der Waals surface area contributed by atoms with E-state index in [1.807, 2.05) is 12.1 Å². The van der Waals surface area contributed by atoms with E-state index < -0.39 is 0 Å². The molecule has 1 saturated heterocycles. The summed E-state index contributed by atoms with van der Waals surface area (Å²) in [5.74, 6) is 0.0389. The molecule has 1 heterocycles. The fourth-order valence-corrected chi connectivity index (χ4v) is 2.70. The predicted molar refractivity (Wildman–Crippen MR) is 77.8 cm³/mol. The van der Waals surface area contributed by atoms with Crippen LogP contribution in [0, 0.1) is 16.7 Å². The van der Waals surface area contributed by atoms with E-state index in [9.17, 15) is 4.79 Å². The zero-order chi connectivity index (χ0) is 14.6. The van der Waals surface area contributed by atoms with Gasteiger partial charge in [0.15, 0.2) is 0 Å². The largest absolute Gasteiger partial charge is 0.351 e. The molecule has 2 rings (SSSR count). The Morgan fingerprint density at radius 1 is 1.55 bits per heavy atom. The molecule has 20 heavy (non-hydrogen) atoms. The minimum atomic E-state index is -0.143. The van der Waals surface area contributed by atoms with Crippen molar-refractivity contribution in [1.29, 1.82) is 5.26 Å². The van der Waals surface area contributed by atoms with E-state index in [-0.39, 0.29) is 17.4 Å². The summed E-state index contributed by atoms with van der Waals surface area (Å²) in [6.07, 6.45) is 2.17. The van der Waals surface area contributed by atoms with Crippen molar-refractivity contribution in [3.63, 3.8) is 0 Å². The number of carbonyl (C=O) groups is 1. The van der Waals surface area contributed by atoms with Crippen molar-refractivity contribution in [3.8, 4) is 6.07 Å². The molecular formula is C16H21N3O. The molecule has 4 nitrogen and oxygen atoms in total. The molecule has 0 aromatic heterocycles. The smallest absolute Gasteiger partial charge is 0.237 e. The van der Waals surface area contributed by atoms with Gasteiger partial charge in [0, 0.05) is 6.54 Å². The fourth-order valence-electron chi connectivity index (χ4n) is 2.70. The van der Waals surface area contributed by atoms with Crippen molar-refractivity contribution >= 4 is 5.91 Å². The number of nitrogens with one attached hydrogen (secondary N) is 2. The highest BCUT2D eigenvalue weighted by Gasteiger charge is 2.36. The van der Waals surface area contributed by atoms with Gasteiger partial charge in [-0.15, -0.1) is 0 Å². The molecule has 1 fully saturated rings. The van der Waals surface area contributed by atoms with E-state index in [4.69, 9.17) is 5.26 Å². The molecule has 1 unspecified atom stereocenters. The molecule has 0 bridgehead atoms. The molecule has 1 aromatic rings. The monoisotopic (exact) mass is 271 g/mol. The summed E-state index contributed by atoms with van der Waals surface area (Å²) >= 11 is 0. The first-order chi connectivity index (χ1) is 9.53. The summed E-state index contributed by atoms with van der Waals surface area (Å²) in [4.78, 5) is 12.3. The van der Waals surface area contributed by atoms with Gasteiger partial charge in [-0.1, -0.05) is 26.0 Å². The number of hydrogen-bond donors (Lipinski definition) is 2. The number of piperidine rings is 1. The normalized spacial score (nSPS) is 20.9. The molecule has 1 amide bonds. The van der Waals surface area contributed by atoms with E-state index in [1.54, 1.807) is 12.1 Å². The van der Waals surface area contributed by atoms with Crippen molar-refractivity contribution in [1.82, 2.24) is 10.6 Å². The van der Waals surface area contributed by atoms with Crippen LogP contribution in [0.3, 0.4) is 0 Å². The van der Waals surface area contributed by atoms with Crippen molar-refractivity contribution in [2.45, 2.75) is 39.3 Å². The maximum absolute atomic E-state index is 12.3. The first kappa shape index (κ1) is 14.5. The molecule has 2 N–H and O–H groups in total. The Kier molecular flexibility index (Phi) is 4.41. The van der Waals surface area contributed by atoms with Crippen LogP contribution in [0.5, 0.6) is 0 Å². The number of nitrogens with zero attached hydrogens (tertiary/aromatic N) is 1. The van der Waals surface area contributed by atoms with E-state index in [0.29, 0.717) is 12.1 Å². The van der Waals surface area contributed by atoms with Crippen molar-refractivity contribution in [2.24, 2.45) is 5.41 Å². The van der Waals surface area contributed by atoms with Crippen LogP contribution in [0.25, 0.3) is 0 Å². The van der Waals surface area contributed by atoms with E-state index in [0.717, 1.165) is 24.9 Å². The molecule has 1 atom stereocenters. The Morgan fingerprint density at radius 2 is 2.35 bits per heavy atom. The average Bonchev–Trinajstić information content (AvgIpc) is 2.44. The summed E-state index contributed by atoms with van der Waals surface area (Å²) in [6, 6.07) is 9.28. The minimum absolute atomic E-state index is 0.0170. The molecular weight excluding hydrogens is 250 g/mol. The maximum atomic E-state index is 12.3. The molecule has 4 heteroatoms. The number of rotatable bonds is 3. The topological polar surface area (TPSA) is 64.9 Å².